The number of carbonyl (C=O) groups excluding carboxylic acids is 3. The summed E-state index contributed by atoms with van der Waals surface area (Å²) in [5, 5.41) is 11.3. The van der Waals surface area contributed by atoms with Crippen molar-refractivity contribution in [2.45, 2.75) is 19.9 Å². The number of aromatic nitrogens is 1. The van der Waals surface area contributed by atoms with Gasteiger partial charge in [0.05, 0.1) is 31.5 Å². The number of thiazole rings is 1. The van der Waals surface area contributed by atoms with Crippen LogP contribution in [-0.2, 0) is 14.3 Å². The lowest BCUT2D eigenvalue weighted by Gasteiger charge is -2.23. The number of nitrogens with zero attached hydrogens (tertiary/aromatic N) is 2. The van der Waals surface area contributed by atoms with E-state index in [1.54, 1.807) is 32.0 Å². The molecule has 1 amide bonds. The molecule has 4 rings (SSSR count). The zero-order chi connectivity index (χ0) is 25.4. The number of hydrogen-bond acceptors (Lipinski definition) is 8. The number of anilines is 1. The SMILES string of the molecule is COC(=O)c1sc(N2C(=O)C(=O)C(=C(O)c3ccc(OC)c(C)c3)[C@@H]2c2ccc(F)cc2)nc1C. The second-order valence-corrected chi connectivity index (χ2v) is 8.79. The van der Waals surface area contributed by atoms with Gasteiger partial charge in [-0.3, -0.25) is 14.5 Å². The highest BCUT2D eigenvalue weighted by Crippen LogP contribution is 2.44. The molecule has 0 saturated carbocycles. The normalized spacial score (nSPS) is 17.1. The number of hydrogen-bond donors (Lipinski definition) is 1. The molecule has 0 aliphatic carbocycles. The van der Waals surface area contributed by atoms with Crippen LogP contribution in [0.1, 0.15) is 38.1 Å². The fourth-order valence-corrected chi connectivity index (χ4v) is 4.95. The number of carbonyl (C=O) groups is 3. The van der Waals surface area contributed by atoms with Crippen molar-refractivity contribution >= 4 is 39.9 Å². The summed E-state index contributed by atoms with van der Waals surface area (Å²) in [6, 6.07) is 8.97. The first-order valence-electron chi connectivity index (χ1n) is 10.4. The number of aliphatic hydroxyl groups excluding tert-OH is 1. The lowest BCUT2D eigenvalue weighted by atomic mass is 9.95. The van der Waals surface area contributed by atoms with E-state index in [2.05, 4.69) is 4.98 Å². The van der Waals surface area contributed by atoms with Crippen molar-refractivity contribution in [1.82, 2.24) is 4.98 Å². The van der Waals surface area contributed by atoms with Crippen molar-refractivity contribution in [3.05, 3.63) is 81.1 Å². The minimum Gasteiger partial charge on any atom is -0.507 e. The van der Waals surface area contributed by atoms with Crippen LogP contribution in [0.4, 0.5) is 9.52 Å². The molecule has 0 bridgehead atoms. The van der Waals surface area contributed by atoms with Crippen LogP contribution < -0.4 is 9.64 Å². The van der Waals surface area contributed by atoms with E-state index in [1.165, 1.54) is 38.5 Å². The van der Waals surface area contributed by atoms with Gasteiger partial charge in [0.2, 0.25) is 0 Å². The Balaban J connectivity index is 1.93. The Morgan fingerprint density at radius 1 is 1.11 bits per heavy atom. The Labute approximate surface area is 204 Å². The molecule has 0 unspecified atom stereocenters. The molecule has 35 heavy (non-hydrogen) atoms. The highest BCUT2D eigenvalue weighted by atomic mass is 32.1. The fraction of sp³-hybridized carbons (Fsp3) is 0.200. The Bertz CT molecular complexity index is 1380. The van der Waals surface area contributed by atoms with Gasteiger partial charge in [-0.1, -0.05) is 23.5 Å². The molecule has 2 heterocycles. The second-order valence-electron chi connectivity index (χ2n) is 7.81. The molecule has 1 fully saturated rings. The predicted octanol–water partition coefficient (Wildman–Crippen LogP) is 4.32. The van der Waals surface area contributed by atoms with Gasteiger partial charge in [-0.05, 0) is 55.3 Å². The number of aryl methyl sites for hydroxylation is 2. The van der Waals surface area contributed by atoms with Crippen LogP contribution in [0.25, 0.3) is 5.76 Å². The minimum absolute atomic E-state index is 0.0734. The molecule has 180 valence electrons. The van der Waals surface area contributed by atoms with Crippen LogP contribution in [-0.4, -0.2) is 42.0 Å². The molecular formula is C25H21FN2O6S. The van der Waals surface area contributed by atoms with Crippen LogP contribution in [0.5, 0.6) is 5.75 Å². The lowest BCUT2D eigenvalue weighted by molar-refractivity contribution is -0.132. The zero-order valence-corrected chi connectivity index (χ0v) is 20.1. The molecule has 1 saturated heterocycles. The number of amides is 1. The number of ketones is 1. The van der Waals surface area contributed by atoms with Gasteiger partial charge in [0.15, 0.2) is 5.13 Å². The molecule has 10 heteroatoms. The third kappa shape index (κ3) is 4.17. The molecule has 0 radical (unpaired) electrons. The van der Waals surface area contributed by atoms with Crippen LogP contribution in [0, 0.1) is 19.7 Å². The summed E-state index contributed by atoms with van der Waals surface area (Å²) in [4.78, 5) is 44.2. The number of esters is 1. The molecule has 0 spiro atoms. The Morgan fingerprint density at radius 3 is 2.40 bits per heavy atom. The molecule has 1 atom stereocenters. The predicted molar refractivity (Wildman–Crippen MR) is 127 cm³/mol. The van der Waals surface area contributed by atoms with Crippen LogP contribution in [0.3, 0.4) is 0 Å². The third-order valence-electron chi connectivity index (χ3n) is 5.66. The van der Waals surface area contributed by atoms with Crippen molar-refractivity contribution in [3.63, 3.8) is 0 Å². The second kappa shape index (κ2) is 9.30. The smallest absolute Gasteiger partial charge is 0.350 e. The molecule has 1 N–H and O–H groups in total. The van der Waals surface area contributed by atoms with Crippen molar-refractivity contribution in [2.75, 3.05) is 19.1 Å². The topological polar surface area (TPSA) is 106 Å². The van der Waals surface area contributed by atoms with E-state index in [1.807, 2.05) is 0 Å². The maximum Gasteiger partial charge on any atom is 0.350 e. The van der Waals surface area contributed by atoms with Gasteiger partial charge < -0.3 is 14.6 Å². The van der Waals surface area contributed by atoms with Gasteiger partial charge in [0.25, 0.3) is 5.78 Å². The Kier molecular flexibility index (Phi) is 6.40. The van der Waals surface area contributed by atoms with Crippen LogP contribution >= 0.6 is 11.3 Å². The van der Waals surface area contributed by atoms with Crippen molar-refractivity contribution in [1.29, 1.82) is 0 Å². The summed E-state index contributed by atoms with van der Waals surface area (Å²) in [5.41, 5.74) is 1.53. The standard InChI is InChI=1S/C25H21FN2O6S/c1-12-11-15(7-10-17(12)33-3)20(29)18-19(14-5-8-16(26)9-6-14)28(23(31)21(18)30)25-27-13(2)22(35-25)24(32)34-4/h5-11,19,29H,1-4H3/t19-/m0/s1. The summed E-state index contributed by atoms with van der Waals surface area (Å²) >= 11 is 0.886. The maximum atomic E-state index is 13.7. The number of halogens is 1. The van der Waals surface area contributed by atoms with E-state index in [-0.39, 0.29) is 15.6 Å². The van der Waals surface area contributed by atoms with E-state index >= 15 is 0 Å². The monoisotopic (exact) mass is 496 g/mol. The summed E-state index contributed by atoms with van der Waals surface area (Å²) in [5.74, 6) is -2.81. The summed E-state index contributed by atoms with van der Waals surface area (Å²) in [6.45, 7) is 3.36. The van der Waals surface area contributed by atoms with Crippen LogP contribution in [0.15, 0.2) is 48.0 Å². The largest absolute Gasteiger partial charge is 0.507 e. The molecule has 1 aromatic heterocycles. The van der Waals surface area contributed by atoms with Crippen molar-refractivity contribution < 1.29 is 33.4 Å². The fourth-order valence-electron chi connectivity index (χ4n) is 3.94. The third-order valence-corrected chi connectivity index (χ3v) is 6.80. The van der Waals surface area contributed by atoms with E-state index in [4.69, 9.17) is 9.47 Å². The average molecular weight is 497 g/mol. The average Bonchev–Trinajstić information content (AvgIpc) is 3.35. The Morgan fingerprint density at radius 2 is 1.80 bits per heavy atom. The molecule has 1 aliphatic rings. The molecule has 8 nitrogen and oxygen atoms in total. The van der Waals surface area contributed by atoms with Crippen molar-refractivity contribution in [3.8, 4) is 5.75 Å². The molecular weight excluding hydrogens is 475 g/mol. The van der Waals surface area contributed by atoms with E-state index in [9.17, 15) is 23.9 Å². The lowest BCUT2D eigenvalue weighted by Crippen LogP contribution is -2.29. The summed E-state index contributed by atoms with van der Waals surface area (Å²) < 4.78 is 23.7. The summed E-state index contributed by atoms with van der Waals surface area (Å²) in [7, 11) is 2.74. The number of benzene rings is 2. The zero-order valence-electron chi connectivity index (χ0n) is 19.3. The number of aliphatic hydroxyl groups is 1. The van der Waals surface area contributed by atoms with Crippen LogP contribution in [0.2, 0.25) is 0 Å². The van der Waals surface area contributed by atoms with Gasteiger partial charge in [-0.15, -0.1) is 0 Å². The van der Waals surface area contributed by atoms with Gasteiger partial charge in [0, 0.05) is 5.56 Å². The molecule has 1 aliphatic heterocycles. The first-order chi connectivity index (χ1) is 16.7. The van der Waals surface area contributed by atoms with Gasteiger partial charge in [-0.25, -0.2) is 14.2 Å². The van der Waals surface area contributed by atoms with E-state index in [0.29, 0.717) is 28.1 Å². The quantitative estimate of drug-likeness (QED) is 0.243. The highest BCUT2D eigenvalue weighted by Gasteiger charge is 2.48. The maximum absolute atomic E-state index is 13.7. The molecule has 3 aromatic rings. The minimum atomic E-state index is -1.10. The first-order valence-corrected chi connectivity index (χ1v) is 11.3. The van der Waals surface area contributed by atoms with E-state index in [0.717, 1.165) is 16.2 Å². The molecule has 2 aromatic carbocycles. The number of methoxy groups -OCH3 is 2. The van der Waals surface area contributed by atoms with Gasteiger partial charge in [-0.2, -0.15) is 0 Å². The number of ether oxygens (including phenoxy) is 2. The van der Waals surface area contributed by atoms with Gasteiger partial charge >= 0.3 is 11.9 Å². The van der Waals surface area contributed by atoms with Crippen molar-refractivity contribution in [2.24, 2.45) is 0 Å². The van der Waals surface area contributed by atoms with E-state index < -0.39 is 35.3 Å². The first kappa shape index (κ1) is 24.1. The number of rotatable bonds is 5. The Hall–Kier alpha value is -4.05. The summed E-state index contributed by atoms with van der Waals surface area (Å²) in [6.07, 6.45) is 0. The highest BCUT2D eigenvalue weighted by molar-refractivity contribution is 7.17. The van der Waals surface area contributed by atoms with Gasteiger partial charge in [0.1, 0.15) is 22.2 Å². The number of Topliss-reactive ketones (excluding diaryl/α,β-unsaturated/α-hetero) is 1.